The molecule has 0 amide bonds. The van der Waals surface area contributed by atoms with Crippen molar-refractivity contribution in [2.45, 2.75) is 0 Å². The Balaban J connectivity index is 2.66. The molecule has 0 aliphatic rings. The number of ether oxygens (including phenoxy) is 2. The molecule has 28 heavy (non-hydrogen) atoms. The Labute approximate surface area is 171 Å². The lowest BCUT2D eigenvalue weighted by Gasteiger charge is -2.24. The highest BCUT2D eigenvalue weighted by Gasteiger charge is 2.34. The zero-order valence-electron chi connectivity index (χ0n) is 14.9. The lowest BCUT2D eigenvalue weighted by atomic mass is 10.2. The molecule has 0 aliphatic heterocycles. The van der Waals surface area contributed by atoms with Gasteiger partial charge < -0.3 is 14.6 Å². The van der Waals surface area contributed by atoms with Crippen molar-refractivity contribution < 1.29 is 36.2 Å². The normalized spacial score (nSPS) is 12.4. The number of nitrogens with zero attached hydrogens (tertiary/aromatic N) is 1. The average molecular weight is 472 g/mol. The predicted octanol–water partition coefficient (Wildman–Crippen LogP) is 2.01. The molecule has 13 heteroatoms. The first kappa shape index (κ1) is 22.8. The van der Waals surface area contributed by atoms with Gasteiger partial charge in [-0.15, -0.1) is 11.3 Å². The van der Waals surface area contributed by atoms with Gasteiger partial charge in [-0.05, 0) is 18.2 Å². The molecule has 2 aromatic rings. The summed E-state index contributed by atoms with van der Waals surface area (Å²) in [6.07, 6.45) is 0. The molecule has 2 rings (SSSR count). The Bertz CT molecular complexity index is 1040. The lowest BCUT2D eigenvalue weighted by Crippen LogP contribution is -2.41. The van der Waals surface area contributed by atoms with Crippen molar-refractivity contribution in [2.24, 2.45) is 0 Å². The maximum Gasteiger partial charge on any atom is 0.347 e. The monoisotopic (exact) mass is 471 g/mol. The summed E-state index contributed by atoms with van der Waals surface area (Å²) in [6, 6.07) is 3.96. The van der Waals surface area contributed by atoms with Crippen molar-refractivity contribution in [1.82, 2.24) is 0 Å². The highest BCUT2D eigenvalue weighted by molar-refractivity contribution is 8.10. The number of rotatable bonds is 10. The van der Waals surface area contributed by atoms with Gasteiger partial charge in [0.15, 0.2) is 0 Å². The van der Waals surface area contributed by atoms with Gasteiger partial charge >= 0.3 is 5.97 Å². The van der Waals surface area contributed by atoms with Gasteiger partial charge in [-0.25, -0.2) is 21.6 Å². The van der Waals surface area contributed by atoms with E-state index in [2.05, 4.69) is 0 Å². The fourth-order valence-corrected chi connectivity index (χ4v) is 7.45. The molecule has 9 nitrogen and oxygen atoms in total. The van der Waals surface area contributed by atoms with E-state index in [1.807, 2.05) is 0 Å². The van der Waals surface area contributed by atoms with Crippen molar-refractivity contribution in [3.8, 4) is 0 Å². The number of benzene rings is 1. The number of aromatic carboxylic acids is 1. The molecule has 1 heterocycles. The van der Waals surface area contributed by atoms with Crippen LogP contribution in [0.5, 0.6) is 0 Å². The van der Waals surface area contributed by atoms with E-state index in [0.717, 1.165) is 11.3 Å². The minimum Gasteiger partial charge on any atom is -0.477 e. The number of thiophene rings is 1. The van der Waals surface area contributed by atoms with Crippen molar-refractivity contribution >= 4 is 64.7 Å². The van der Waals surface area contributed by atoms with Gasteiger partial charge in [-0.1, -0.05) is 11.6 Å². The quantitative estimate of drug-likeness (QED) is 0.557. The van der Waals surface area contributed by atoms with Gasteiger partial charge in [0.1, 0.15) is 4.88 Å². The molecular formula is C15H18ClNO8S3. The Morgan fingerprint density at radius 2 is 1.64 bits per heavy atom. The summed E-state index contributed by atoms with van der Waals surface area (Å²) < 4.78 is 61.3. The van der Waals surface area contributed by atoms with Crippen LogP contribution in [0.4, 0.5) is 5.69 Å². The minimum atomic E-state index is -4.31. The highest BCUT2D eigenvalue weighted by atomic mass is 35.5. The summed E-state index contributed by atoms with van der Waals surface area (Å²) in [5.74, 6) is -2.36. The highest BCUT2D eigenvalue weighted by Crippen LogP contribution is 2.38. The molecule has 0 spiro atoms. The zero-order chi connectivity index (χ0) is 21.1. The molecule has 0 atom stereocenters. The first-order valence-corrected chi connectivity index (χ1v) is 12.2. The first-order chi connectivity index (χ1) is 13.0. The van der Waals surface area contributed by atoms with Crippen LogP contribution in [0.3, 0.4) is 0 Å². The van der Waals surface area contributed by atoms with Crippen molar-refractivity contribution in [2.75, 3.05) is 42.6 Å². The van der Waals surface area contributed by atoms with Gasteiger partial charge in [0.25, 0.3) is 20.0 Å². The second kappa shape index (κ2) is 8.93. The molecule has 1 N–H and O–H groups in total. The summed E-state index contributed by atoms with van der Waals surface area (Å²) in [4.78, 5) is 11.1. The molecule has 0 radical (unpaired) electrons. The van der Waals surface area contributed by atoms with Crippen LogP contribution in [0.15, 0.2) is 18.2 Å². The molecule has 0 saturated carbocycles. The van der Waals surface area contributed by atoms with Crippen LogP contribution in [0.25, 0.3) is 10.1 Å². The number of methoxy groups -OCH3 is 2. The van der Waals surface area contributed by atoms with Crippen LogP contribution in [-0.2, 0) is 29.5 Å². The van der Waals surface area contributed by atoms with Crippen molar-refractivity contribution in [3.05, 3.63) is 28.1 Å². The third-order valence-corrected chi connectivity index (χ3v) is 9.44. The van der Waals surface area contributed by atoms with Gasteiger partial charge in [0.05, 0.1) is 35.4 Å². The van der Waals surface area contributed by atoms with E-state index in [0.29, 0.717) is 8.41 Å². The average Bonchev–Trinajstić information content (AvgIpc) is 2.95. The standard InChI is InChI=1S/C15H18ClNO8S3/c1-24-5-7-27(20,21)17(28(22,23)8-6-25-2)10-3-4-12-11(9-10)13(16)14(26-12)15(18)19/h3-4,9H,5-8H2,1-2H3,(H,18,19). The van der Waals surface area contributed by atoms with E-state index < -0.39 is 37.5 Å². The number of sulfonamides is 2. The topological polar surface area (TPSA) is 127 Å². The summed E-state index contributed by atoms with van der Waals surface area (Å²) in [7, 11) is -6.02. The SMILES string of the molecule is COCCS(=O)(=O)N(c1ccc2sc(C(=O)O)c(Cl)c2c1)S(=O)(=O)CCOC. The fourth-order valence-electron chi connectivity index (χ4n) is 2.34. The molecule has 1 aromatic heterocycles. The van der Waals surface area contributed by atoms with Crippen LogP contribution in [0.2, 0.25) is 5.02 Å². The molecule has 156 valence electrons. The van der Waals surface area contributed by atoms with Gasteiger partial charge in [-0.3, -0.25) is 0 Å². The fraction of sp³-hybridized carbons (Fsp3) is 0.400. The van der Waals surface area contributed by atoms with Crippen LogP contribution in [-0.4, -0.2) is 66.9 Å². The molecule has 0 bridgehead atoms. The Morgan fingerprint density at radius 3 is 2.11 bits per heavy atom. The van der Waals surface area contributed by atoms with Crippen LogP contribution in [0, 0.1) is 0 Å². The smallest absolute Gasteiger partial charge is 0.347 e. The molecule has 0 unspecified atom stereocenters. The molecule has 0 fully saturated rings. The third-order valence-electron chi connectivity index (χ3n) is 3.61. The Hall–Kier alpha value is -1.44. The van der Waals surface area contributed by atoms with Gasteiger partial charge in [0.2, 0.25) is 0 Å². The predicted molar refractivity (Wildman–Crippen MR) is 108 cm³/mol. The van der Waals surface area contributed by atoms with E-state index in [1.165, 1.54) is 32.4 Å². The maximum atomic E-state index is 12.7. The zero-order valence-corrected chi connectivity index (χ0v) is 18.1. The number of fused-ring (bicyclic) bond motifs is 1. The number of hydrogen-bond donors (Lipinski definition) is 1. The van der Waals surface area contributed by atoms with E-state index in [4.69, 9.17) is 21.1 Å². The van der Waals surface area contributed by atoms with Crippen LogP contribution in [0.1, 0.15) is 9.67 Å². The van der Waals surface area contributed by atoms with E-state index in [1.54, 1.807) is 0 Å². The van der Waals surface area contributed by atoms with E-state index in [9.17, 15) is 26.7 Å². The number of anilines is 1. The number of halogens is 1. The number of carboxylic acid groups (broad SMARTS) is 1. The van der Waals surface area contributed by atoms with Crippen LogP contribution >= 0.6 is 22.9 Å². The maximum absolute atomic E-state index is 12.7. The minimum absolute atomic E-state index is 0.0853. The van der Waals surface area contributed by atoms with Crippen LogP contribution < -0.4 is 3.71 Å². The van der Waals surface area contributed by atoms with Gasteiger partial charge in [-0.2, -0.15) is 3.71 Å². The van der Waals surface area contributed by atoms with E-state index >= 15 is 0 Å². The summed E-state index contributed by atoms with van der Waals surface area (Å²) >= 11 is 7.00. The Morgan fingerprint density at radius 1 is 1.11 bits per heavy atom. The lowest BCUT2D eigenvalue weighted by molar-refractivity contribution is 0.0702. The second-order valence-electron chi connectivity index (χ2n) is 5.55. The summed E-state index contributed by atoms with van der Waals surface area (Å²) in [5.41, 5.74) is -0.170. The van der Waals surface area contributed by atoms with Gasteiger partial charge in [0, 0.05) is 24.3 Å². The number of carbonyl (C=O) groups is 1. The number of hydrogen-bond acceptors (Lipinski definition) is 8. The Kier molecular flexibility index (Phi) is 7.28. The first-order valence-electron chi connectivity index (χ1n) is 7.74. The molecule has 0 aliphatic carbocycles. The third kappa shape index (κ3) is 4.75. The van der Waals surface area contributed by atoms with E-state index in [-0.39, 0.29) is 34.2 Å². The largest absolute Gasteiger partial charge is 0.477 e. The summed E-state index contributed by atoms with van der Waals surface area (Å²) in [5, 5.41) is 9.35. The van der Waals surface area contributed by atoms with Crippen molar-refractivity contribution in [1.29, 1.82) is 0 Å². The summed E-state index contributed by atoms with van der Waals surface area (Å²) in [6.45, 7) is -0.410. The molecule has 1 aromatic carbocycles. The second-order valence-corrected chi connectivity index (χ2v) is 11.1. The number of carboxylic acids is 1. The van der Waals surface area contributed by atoms with Crippen molar-refractivity contribution in [3.63, 3.8) is 0 Å². The molecule has 0 saturated heterocycles. The molecular weight excluding hydrogens is 454 g/mol.